The third-order valence-electron chi connectivity index (χ3n) is 15.1. The van der Waals surface area contributed by atoms with Crippen LogP contribution in [-0.4, -0.2) is 0 Å². The molecule has 0 atom stereocenters. The maximum Gasteiger partial charge on any atom is 0.145 e. The minimum Gasteiger partial charge on any atom is -0.455 e. The lowest BCUT2D eigenvalue weighted by Crippen LogP contribution is -2.10. The summed E-state index contributed by atoms with van der Waals surface area (Å²) >= 11 is 0. The number of rotatable bonds is 10. The minimum atomic E-state index is 0.854. The molecule has 0 radical (unpaired) electrons. The molecule has 0 saturated carbocycles. The number of anilines is 3. The van der Waals surface area contributed by atoms with Crippen molar-refractivity contribution in [3.05, 3.63) is 297 Å². The second kappa shape index (κ2) is 19.1. The van der Waals surface area contributed by atoms with Gasteiger partial charge in [-0.15, -0.1) is 0 Å². The van der Waals surface area contributed by atoms with Crippen LogP contribution in [0.1, 0.15) is 0 Å². The van der Waals surface area contributed by atoms with Crippen LogP contribution < -0.4 is 4.90 Å². The molecule has 0 spiro atoms. The predicted molar refractivity (Wildman–Crippen MR) is 321 cm³/mol. The standard InChI is InChI=1S/C74H49NO/c1-3-18-51(19-4-1)66-45-40-58(49-70(66)54-20-5-2-6-21-54)64-31-12-11-29-62(64)55-38-43-60(44-39-55)75(59-41-36-50(37-42-59)56-26-15-27-57(48-56)65-33-16-24-52-22-7-9-28-61(52)65)71-47-46-68(67-34-17-25-53-23-8-10-30-63(53)67)74-73(71)69-32-13-14-35-72(69)76-74/h1-49H. The van der Waals surface area contributed by atoms with Crippen molar-refractivity contribution in [3.63, 3.8) is 0 Å². The van der Waals surface area contributed by atoms with E-state index in [9.17, 15) is 0 Å². The van der Waals surface area contributed by atoms with Gasteiger partial charge in [-0.1, -0.05) is 243 Å². The molecule has 0 unspecified atom stereocenters. The topological polar surface area (TPSA) is 16.4 Å². The normalized spacial score (nSPS) is 11.4. The molecule has 2 nitrogen and oxygen atoms in total. The average Bonchev–Trinajstić information content (AvgIpc) is 3.98. The summed E-state index contributed by atoms with van der Waals surface area (Å²) < 4.78 is 6.98. The molecule has 0 aliphatic heterocycles. The zero-order valence-electron chi connectivity index (χ0n) is 41.6. The van der Waals surface area contributed by atoms with Crippen LogP contribution in [0.5, 0.6) is 0 Å². The molecule has 0 amide bonds. The van der Waals surface area contributed by atoms with Gasteiger partial charge in [-0.2, -0.15) is 0 Å². The summed E-state index contributed by atoms with van der Waals surface area (Å²) in [7, 11) is 0. The Labute approximate surface area is 442 Å². The number of furan rings is 1. The quantitative estimate of drug-likeness (QED) is 0.136. The fourth-order valence-electron chi connectivity index (χ4n) is 11.5. The molecule has 13 aromatic carbocycles. The smallest absolute Gasteiger partial charge is 0.145 e. The van der Waals surface area contributed by atoms with E-state index in [-0.39, 0.29) is 0 Å². The van der Waals surface area contributed by atoms with Gasteiger partial charge in [-0.25, -0.2) is 0 Å². The minimum absolute atomic E-state index is 0.854. The van der Waals surface area contributed by atoms with Gasteiger partial charge in [0, 0.05) is 22.3 Å². The van der Waals surface area contributed by atoms with Crippen LogP contribution >= 0.6 is 0 Å². The van der Waals surface area contributed by atoms with Gasteiger partial charge in [0.1, 0.15) is 11.2 Å². The van der Waals surface area contributed by atoms with Crippen molar-refractivity contribution in [1.29, 1.82) is 0 Å². The van der Waals surface area contributed by atoms with Crippen molar-refractivity contribution in [1.82, 2.24) is 0 Å². The molecule has 1 heterocycles. The third-order valence-corrected chi connectivity index (χ3v) is 15.1. The Bertz CT molecular complexity index is 4430. The largest absolute Gasteiger partial charge is 0.455 e. The van der Waals surface area contributed by atoms with Crippen molar-refractivity contribution in [3.8, 4) is 77.9 Å². The van der Waals surface area contributed by atoms with Crippen LogP contribution in [-0.2, 0) is 0 Å². The van der Waals surface area contributed by atoms with Gasteiger partial charge in [-0.05, 0) is 148 Å². The fourth-order valence-corrected chi connectivity index (χ4v) is 11.5. The molecule has 14 rings (SSSR count). The molecule has 76 heavy (non-hydrogen) atoms. The Hall–Kier alpha value is -10.0. The lowest BCUT2D eigenvalue weighted by Gasteiger charge is -2.27. The molecule has 1 aromatic heterocycles. The van der Waals surface area contributed by atoms with Gasteiger partial charge in [-0.3, -0.25) is 0 Å². The van der Waals surface area contributed by atoms with Crippen LogP contribution in [0, 0.1) is 0 Å². The Morgan fingerprint density at radius 2 is 0.671 bits per heavy atom. The first-order chi connectivity index (χ1) is 37.7. The molecule has 14 aromatic rings. The second-order valence-corrected chi connectivity index (χ2v) is 19.5. The van der Waals surface area contributed by atoms with E-state index in [1.165, 1.54) is 77.2 Å². The van der Waals surface area contributed by atoms with Gasteiger partial charge in [0.25, 0.3) is 0 Å². The Kier molecular flexibility index (Phi) is 11.2. The zero-order chi connectivity index (χ0) is 50.4. The first-order valence-corrected chi connectivity index (χ1v) is 26.1. The summed E-state index contributed by atoms with van der Waals surface area (Å²) in [5.74, 6) is 0. The maximum absolute atomic E-state index is 6.98. The SMILES string of the molecule is c1ccc(-c2ccc(-c3ccccc3-c3ccc(N(c4ccc(-c5cccc(-c6cccc7ccccc67)c5)cc4)c4ccc(-c5cccc6ccccc56)c5oc6ccccc6c45)cc3)cc2-c2ccccc2)cc1. The van der Waals surface area contributed by atoms with Gasteiger partial charge < -0.3 is 9.32 Å². The summed E-state index contributed by atoms with van der Waals surface area (Å²) in [5, 5.41) is 7.01. The van der Waals surface area contributed by atoms with Gasteiger partial charge in [0.15, 0.2) is 0 Å². The number of fused-ring (bicyclic) bond motifs is 5. The average molecular weight is 968 g/mol. The predicted octanol–water partition coefficient (Wildman–Crippen LogP) is 21.0. The van der Waals surface area contributed by atoms with E-state index < -0.39 is 0 Å². The summed E-state index contributed by atoms with van der Waals surface area (Å²) in [6.45, 7) is 0. The highest BCUT2D eigenvalue weighted by atomic mass is 16.3. The molecule has 2 heteroatoms. The van der Waals surface area contributed by atoms with Crippen molar-refractivity contribution in [2.75, 3.05) is 4.90 Å². The number of nitrogens with zero attached hydrogens (tertiary/aromatic N) is 1. The molecule has 0 aliphatic rings. The van der Waals surface area contributed by atoms with E-state index in [4.69, 9.17) is 4.42 Å². The second-order valence-electron chi connectivity index (χ2n) is 19.5. The number of hydrogen-bond acceptors (Lipinski definition) is 2. The Morgan fingerprint density at radius 3 is 1.37 bits per heavy atom. The fraction of sp³-hybridized carbons (Fsp3) is 0. The van der Waals surface area contributed by atoms with E-state index in [1.807, 2.05) is 0 Å². The van der Waals surface area contributed by atoms with E-state index in [0.717, 1.165) is 61.3 Å². The van der Waals surface area contributed by atoms with Gasteiger partial charge >= 0.3 is 0 Å². The maximum atomic E-state index is 6.98. The zero-order valence-corrected chi connectivity index (χ0v) is 41.6. The van der Waals surface area contributed by atoms with E-state index in [2.05, 4.69) is 302 Å². The first-order valence-electron chi connectivity index (χ1n) is 26.1. The van der Waals surface area contributed by atoms with Crippen LogP contribution in [0.3, 0.4) is 0 Å². The van der Waals surface area contributed by atoms with Crippen molar-refractivity contribution >= 4 is 60.5 Å². The summed E-state index contributed by atoms with van der Waals surface area (Å²) in [6.07, 6.45) is 0. The molecule has 0 saturated heterocycles. The van der Waals surface area contributed by atoms with E-state index in [0.29, 0.717) is 0 Å². The molecule has 0 bridgehead atoms. The van der Waals surface area contributed by atoms with Crippen LogP contribution in [0.15, 0.2) is 302 Å². The molecule has 0 aliphatic carbocycles. The monoisotopic (exact) mass is 967 g/mol. The summed E-state index contributed by atoms with van der Waals surface area (Å²) in [6, 6.07) is 108. The van der Waals surface area contributed by atoms with Crippen LogP contribution in [0.2, 0.25) is 0 Å². The molecule has 356 valence electrons. The number of benzene rings is 13. The van der Waals surface area contributed by atoms with Gasteiger partial charge in [0.05, 0.1) is 11.1 Å². The molecule has 0 N–H and O–H groups in total. The lowest BCUT2D eigenvalue weighted by atomic mass is 9.88. The highest BCUT2D eigenvalue weighted by molar-refractivity contribution is 6.18. The summed E-state index contributed by atoms with van der Waals surface area (Å²) in [5.41, 5.74) is 21.2. The van der Waals surface area contributed by atoms with Crippen LogP contribution in [0.25, 0.3) is 121 Å². The van der Waals surface area contributed by atoms with Crippen LogP contribution in [0.4, 0.5) is 17.1 Å². The molecular weight excluding hydrogens is 919 g/mol. The first kappa shape index (κ1) is 44.7. The summed E-state index contributed by atoms with van der Waals surface area (Å²) in [4.78, 5) is 2.40. The van der Waals surface area contributed by atoms with Gasteiger partial charge in [0.2, 0.25) is 0 Å². The third kappa shape index (κ3) is 8.01. The Balaban J connectivity index is 0.906. The van der Waals surface area contributed by atoms with E-state index >= 15 is 0 Å². The van der Waals surface area contributed by atoms with Crippen molar-refractivity contribution < 1.29 is 4.42 Å². The van der Waals surface area contributed by atoms with Crippen molar-refractivity contribution in [2.45, 2.75) is 0 Å². The Morgan fingerprint density at radius 1 is 0.237 bits per heavy atom. The molecule has 0 fully saturated rings. The number of para-hydroxylation sites is 1. The van der Waals surface area contributed by atoms with E-state index in [1.54, 1.807) is 0 Å². The lowest BCUT2D eigenvalue weighted by molar-refractivity contribution is 0.670. The number of hydrogen-bond donors (Lipinski definition) is 0. The highest BCUT2D eigenvalue weighted by Gasteiger charge is 2.24. The molecular formula is C74H49NO. The highest BCUT2D eigenvalue weighted by Crippen LogP contribution is 2.48. The van der Waals surface area contributed by atoms with Crippen molar-refractivity contribution in [2.24, 2.45) is 0 Å².